The highest BCUT2D eigenvalue weighted by Crippen LogP contribution is 2.25. The lowest BCUT2D eigenvalue weighted by molar-refractivity contribution is 0.317. The molecule has 1 heterocycles. The molecule has 0 saturated carbocycles. The summed E-state index contributed by atoms with van der Waals surface area (Å²) in [6, 6.07) is 9.57. The van der Waals surface area contributed by atoms with Crippen LogP contribution in [0.15, 0.2) is 41.0 Å². The van der Waals surface area contributed by atoms with E-state index in [9.17, 15) is 0 Å². The van der Waals surface area contributed by atoms with E-state index in [-0.39, 0.29) is 6.04 Å². The molecule has 0 radical (unpaired) electrons. The van der Waals surface area contributed by atoms with E-state index in [1.165, 1.54) is 0 Å². The SMILES string of the molecule is CCCOc1ccc(C(N)c2occc2C)cc1. The Labute approximate surface area is 108 Å². The molecule has 0 aliphatic carbocycles. The fourth-order valence-corrected chi connectivity index (χ4v) is 1.85. The summed E-state index contributed by atoms with van der Waals surface area (Å²) in [4.78, 5) is 0. The molecule has 2 rings (SSSR count). The molecule has 2 N–H and O–H groups in total. The van der Waals surface area contributed by atoms with Crippen LogP contribution in [0.3, 0.4) is 0 Å². The first-order valence-corrected chi connectivity index (χ1v) is 6.24. The quantitative estimate of drug-likeness (QED) is 0.878. The van der Waals surface area contributed by atoms with Crippen molar-refractivity contribution >= 4 is 0 Å². The van der Waals surface area contributed by atoms with Crippen molar-refractivity contribution in [2.24, 2.45) is 5.73 Å². The van der Waals surface area contributed by atoms with E-state index in [4.69, 9.17) is 14.9 Å². The van der Waals surface area contributed by atoms with Gasteiger partial charge in [0.15, 0.2) is 0 Å². The lowest BCUT2D eigenvalue weighted by atomic mass is 10.0. The second kappa shape index (κ2) is 5.74. The lowest BCUT2D eigenvalue weighted by Gasteiger charge is -2.11. The Morgan fingerprint density at radius 1 is 1.22 bits per heavy atom. The van der Waals surface area contributed by atoms with Crippen molar-refractivity contribution in [2.75, 3.05) is 6.61 Å². The molecule has 2 aromatic rings. The highest BCUT2D eigenvalue weighted by atomic mass is 16.5. The van der Waals surface area contributed by atoms with E-state index in [0.717, 1.165) is 35.7 Å². The van der Waals surface area contributed by atoms with Crippen LogP contribution in [-0.4, -0.2) is 6.61 Å². The maximum absolute atomic E-state index is 6.18. The molecule has 3 heteroatoms. The van der Waals surface area contributed by atoms with Crippen molar-refractivity contribution in [2.45, 2.75) is 26.3 Å². The zero-order valence-electron chi connectivity index (χ0n) is 10.8. The molecule has 96 valence electrons. The molecule has 0 amide bonds. The number of hydrogen-bond donors (Lipinski definition) is 1. The van der Waals surface area contributed by atoms with Crippen molar-refractivity contribution < 1.29 is 9.15 Å². The van der Waals surface area contributed by atoms with Crippen LogP contribution in [0.1, 0.15) is 36.3 Å². The van der Waals surface area contributed by atoms with Crippen LogP contribution < -0.4 is 10.5 Å². The van der Waals surface area contributed by atoms with Gasteiger partial charge in [0.2, 0.25) is 0 Å². The van der Waals surface area contributed by atoms with Crippen LogP contribution in [0.5, 0.6) is 5.75 Å². The largest absolute Gasteiger partial charge is 0.494 e. The molecule has 0 bridgehead atoms. The highest BCUT2D eigenvalue weighted by molar-refractivity contribution is 5.34. The number of hydrogen-bond acceptors (Lipinski definition) is 3. The molecule has 18 heavy (non-hydrogen) atoms. The molecule has 0 saturated heterocycles. The lowest BCUT2D eigenvalue weighted by Crippen LogP contribution is -2.11. The zero-order chi connectivity index (χ0) is 13.0. The fraction of sp³-hybridized carbons (Fsp3) is 0.333. The number of ether oxygens (including phenoxy) is 1. The first kappa shape index (κ1) is 12.7. The number of benzene rings is 1. The van der Waals surface area contributed by atoms with Gasteiger partial charge in [0.05, 0.1) is 18.9 Å². The van der Waals surface area contributed by atoms with Crippen molar-refractivity contribution in [3.05, 3.63) is 53.5 Å². The average molecular weight is 245 g/mol. The van der Waals surface area contributed by atoms with Crippen molar-refractivity contribution in [3.63, 3.8) is 0 Å². The fourth-order valence-electron chi connectivity index (χ4n) is 1.85. The van der Waals surface area contributed by atoms with Crippen LogP contribution in [0, 0.1) is 6.92 Å². The molecule has 0 spiro atoms. The van der Waals surface area contributed by atoms with E-state index >= 15 is 0 Å². The Morgan fingerprint density at radius 3 is 2.50 bits per heavy atom. The second-order valence-corrected chi connectivity index (χ2v) is 4.36. The summed E-state index contributed by atoms with van der Waals surface area (Å²) >= 11 is 0. The predicted molar refractivity (Wildman–Crippen MR) is 71.7 cm³/mol. The molecule has 0 fully saturated rings. The van der Waals surface area contributed by atoms with Crippen LogP contribution in [0.25, 0.3) is 0 Å². The Balaban J connectivity index is 2.12. The topological polar surface area (TPSA) is 48.4 Å². The number of nitrogens with two attached hydrogens (primary N) is 1. The predicted octanol–water partition coefficient (Wildman–Crippen LogP) is 3.42. The molecule has 1 aromatic heterocycles. The standard InChI is InChI=1S/C15H19NO2/c1-3-9-17-13-6-4-12(5-7-13)14(16)15-11(2)8-10-18-15/h4-8,10,14H,3,9,16H2,1-2H3. The third-order valence-corrected chi connectivity index (χ3v) is 2.90. The molecule has 1 aromatic carbocycles. The summed E-state index contributed by atoms with van der Waals surface area (Å²) in [5.74, 6) is 1.70. The van der Waals surface area contributed by atoms with Gasteiger partial charge >= 0.3 is 0 Å². The van der Waals surface area contributed by atoms with Crippen molar-refractivity contribution in [3.8, 4) is 5.75 Å². The second-order valence-electron chi connectivity index (χ2n) is 4.36. The van der Waals surface area contributed by atoms with Crippen molar-refractivity contribution in [1.29, 1.82) is 0 Å². The first-order chi connectivity index (χ1) is 8.72. The minimum absolute atomic E-state index is 0.222. The van der Waals surface area contributed by atoms with Crippen LogP contribution in [-0.2, 0) is 0 Å². The number of aryl methyl sites for hydroxylation is 1. The summed E-state index contributed by atoms with van der Waals surface area (Å²) in [5.41, 5.74) is 8.28. The van der Waals surface area contributed by atoms with Gasteiger partial charge in [0, 0.05) is 0 Å². The maximum Gasteiger partial charge on any atom is 0.127 e. The van der Waals surface area contributed by atoms with Gasteiger partial charge in [-0.15, -0.1) is 0 Å². The smallest absolute Gasteiger partial charge is 0.127 e. The molecule has 1 unspecified atom stereocenters. The maximum atomic E-state index is 6.18. The van der Waals surface area contributed by atoms with Crippen molar-refractivity contribution in [1.82, 2.24) is 0 Å². The van der Waals surface area contributed by atoms with E-state index in [1.54, 1.807) is 6.26 Å². The summed E-state index contributed by atoms with van der Waals surface area (Å²) in [5, 5.41) is 0. The van der Waals surface area contributed by atoms with Gasteiger partial charge in [-0.2, -0.15) is 0 Å². The third-order valence-electron chi connectivity index (χ3n) is 2.90. The van der Waals surface area contributed by atoms with E-state index in [2.05, 4.69) is 6.92 Å². The summed E-state index contributed by atoms with van der Waals surface area (Å²) < 4.78 is 11.0. The molecular weight excluding hydrogens is 226 g/mol. The number of rotatable bonds is 5. The van der Waals surface area contributed by atoms with E-state index in [1.807, 2.05) is 37.3 Å². The van der Waals surface area contributed by atoms with Gasteiger partial charge in [-0.25, -0.2) is 0 Å². The molecule has 3 nitrogen and oxygen atoms in total. The van der Waals surface area contributed by atoms with Gasteiger partial charge < -0.3 is 14.9 Å². The Hall–Kier alpha value is -1.74. The van der Waals surface area contributed by atoms with Crippen LogP contribution in [0.4, 0.5) is 0 Å². The van der Waals surface area contributed by atoms with Gasteiger partial charge in [-0.1, -0.05) is 19.1 Å². The summed E-state index contributed by atoms with van der Waals surface area (Å²) in [6.45, 7) is 4.82. The van der Waals surface area contributed by atoms with Crippen LogP contribution in [0.2, 0.25) is 0 Å². The Bertz CT molecular complexity index is 487. The van der Waals surface area contributed by atoms with Gasteiger partial charge in [-0.3, -0.25) is 0 Å². The number of furan rings is 1. The van der Waals surface area contributed by atoms with E-state index < -0.39 is 0 Å². The van der Waals surface area contributed by atoms with Gasteiger partial charge in [0.1, 0.15) is 11.5 Å². The Morgan fingerprint density at radius 2 is 1.94 bits per heavy atom. The minimum atomic E-state index is -0.222. The average Bonchev–Trinajstić information content (AvgIpc) is 2.82. The Kier molecular flexibility index (Phi) is 4.05. The van der Waals surface area contributed by atoms with Gasteiger partial charge in [0.25, 0.3) is 0 Å². The van der Waals surface area contributed by atoms with E-state index in [0.29, 0.717) is 0 Å². The summed E-state index contributed by atoms with van der Waals surface area (Å²) in [6.07, 6.45) is 2.68. The molecule has 1 atom stereocenters. The zero-order valence-corrected chi connectivity index (χ0v) is 10.8. The first-order valence-electron chi connectivity index (χ1n) is 6.24. The summed E-state index contributed by atoms with van der Waals surface area (Å²) in [7, 11) is 0. The molecular formula is C15H19NO2. The van der Waals surface area contributed by atoms with Crippen LogP contribution >= 0.6 is 0 Å². The monoisotopic (exact) mass is 245 g/mol. The van der Waals surface area contributed by atoms with Gasteiger partial charge in [-0.05, 0) is 42.7 Å². The normalized spacial score (nSPS) is 12.4. The third kappa shape index (κ3) is 2.74. The molecule has 0 aliphatic rings. The molecule has 0 aliphatic heterocycles. The highest BCUT2D eigenvalue weighted by Gasteiger charge is 2.14. The minimum Gasteiger partial charge on any atom is -0.494 e.